The lowest BCUT2D eigenvalue weighted by Gasteiger charge is -2.21. The highest BCUT2D eigenvalue weighted by Crippen LogP contribution is 2.34. The van der Waals surface area contributed by atoms with Gasteiger partial charge in [0.1, 0.15) is 0 Å². The molecule has 1 atom stereocenters. The zero-order valence-corrected chi connectivity index (χ0v) is 11.5. The first-order chi connectivity index (χ1) is 8.66. The normalized spacial score (nSPS) is 18.8. The van der Waals surface area contributed by atoms with Crippen molar-refractivity contribution in [3.63, 3.8) is 0 Å². The Labute approximate surface area is 110 Å². The molecule has 0 N–H and O–H groups in total. The molecule has 1 unspecified atom stereocenters. The molecule has 0 aliphatic carbocycles. The summed E-state index contributed by atoms with van der Waals surface area (Å²) in [5.41, 5.74) is 2.50. The molecule has 2 heteroatoms. The van der Waals surface area contributed by atoms with Crippen LogP contribution >= 0.6 is 0 Å². The smallest absolute Gasteiger partial charge is 0.0574 e. The van der Waals surface area contributed by atoms with Gasteiger partial charge < -0.3 is 0 Å². The summed E-state index contributed by atoms with van der Waals surface area (Å²) in [5, 5.41) is 2.40. The van der Waals surface area contributed by atoms with Crippen molar-refractivity contribution < 1.29 is 4.21 Å². The second kappa shape index (κ2) is 4.36. The van der Waals surface area contributed by atoms with Gasteiger partial charge in [-0.1, -0.05) is 44.2 Å². The van der Waals surface area contributed by atoms with Crippen LogP contribution in [0.2, 0.25) is 0 Å². The van der Waals surface area contributed by atoms with Crippen LogP contribution in [0.3, 0.4) is 0 Å². The van der Waals surface area contributed by atoms with Crippen LogP contribution in [0.1, 0.15) is 19.4 Å². The maximum absolute atomic E-state index is 12.2. The molecular weight excluding hydrogens is 240 g/mol. The first kappa shape index (κ1) is 11.7. The predicted molar refractivity (Wildman–Crippen MR) is 78.0 cm³/mol. The van der Waals surface area contributed by atoms with E-state index in [1.54, 1.807) is 0 Å². The molecule has 0 saturated heterocycles. The van der Waals surface area contributed by atoms with Gasteiger partial charge in [-0.2, -0.15) is 0 Å². The van der Waals surface area contributed by atoms with Crippen molar-refractivity contribution in [1.82, 2.24) is 0 Å². The van der Waals surface area contributed by atoms with Crippen molar-refractivity contribution in [1.29, 1.82) is 0 Å². The number of hydrogen-bond acceptors (Lipinski definition) is 1. The van der Waals surface area contributed by atoms with Gasteiger partial charge in [0.15, 0.2) is 0 Å². The van der Waals surface area contributed by atoms with Crippen LogP contribution in [0.15, 0.2) is 47.4 Å². The van der Waals surface area contributed by atoms with Crippen molar-refractivity contribution in [2.24, 2.45) is 5.92 Å². The summed E-state index contributed by atoms with van der Waals surface area (Å²) in [7, 11) is -0.885. The minimum Gasteiger partial charge on any atom is -0.254 e. The summed E-state index contributed by atoms with van der Waals surface area (Å²) >= 11 is 0. The molecule has 0 amide bonds. The fourth-order valence-corrected chi connectivity index (χ4v) is 3.74. The Hall–Kier alpha value is -1.41. The van der Waals surface area contributed by atoms with Gasteiger partial charge in [-0.05, 0) is 40.0 Å². The Morgan fingerprint density at radius 1 is 1.11 bits per heavy atom. The van der Waals surface area contributed by atoms with E-state index in [1.165, 1.54) is 21.9 Å². The Kier molecular flexibility index (Phi) is 2.83. The van der Waals surface area contributed by atoms with Gasteiger partial charge in [0, 0.05) is 10.6 Å². The summed E-state index contributed by atoms with van der Waals surface area (Å²) in [5.74, 6) is 1.13. The van der Waals surface area contributed by atoms with Crippen molar-refractivity contribution >= 4 is 27.1 Å². The maximum Gasteiger partial charge on any atom is 0.0574 e. The maximum atomic E-state index is 12.2. The topological polar surface area (TPSA) is 17.1 Å². The number of rotatable bonds is 1. The quantitative estimate of drug-likeness (QED) is 0.753. The molecule has 0 radical (unpaired) electrons. The Morgan fingerprint density at radius 2 is 1.78 bits per heavy atom. The fraction of sp³-hybridized carbons (Fsp3) is 0.250. The molecule has 0 aromatic heterocycles. The first-order valence-corrected chi connectivity index (χ1v) is 7.60. The Morgan fingerprint density at radius 3 is 2.44 bits per heavy atom. The molecule has 3 rings (SSSR count). The summed E-state index contributed by atoms with van der Waals surface area (Å²) < 4.78 is 12.2. The average molecular weight is 256 g/mol. The summed E-state index contributed by atoms with van der Waals surface area (Å²) in [6.07, 6.45) is 2.14. The second-order valence-corrected chi connectivity index (χ2v) is 6.49. The number of benzene rings is 2. The van der Waals surface area contributed by atoms with Gasteiger partial charge in [0.2, 0.25) is 0 Å². The minimum absolute atomic E-state index is 0.474. The monoisotopic (exact) mass is 256 g/mol. The highest BCUT2D eigenvalue weighted by molar-refractivity contribution is 7.85. The van der Waals surface area contributed by atoms with E-state index in [0.29, 0.717) is 11.7 Å². The van der Waals surface area contributed by atoms with Crippen molar-refractivity contribution in [3.8, 4) is 0 Å². The molecule has 1 aliphatic heterocycles. The van der Waals surface area contributed by atoms with Crippen molar-refractivity contribution in [3.05, 3.63) is 48.0 Å². The van der Waals surface area contributed by atoms with Gasteiger partial charge in [-0.25, -0.2) is 0 Å². The summed E-state index contributed by atoms with van der Waals surface area (Å²) in [4.78, 5) is 1.000. The zero-order chi connectivity index (χ0) is 12.7. The SMILES string of the molecule is CC(C)C1=CCS(=O)c2cc3ccccc3cc21. The van der Waals surface area contributed by atoms with E-state index < -0.39 is 10.8 Å². The van der Waals surface area contributed by atoms with Crippen LogP contribution in [0.25, 0.3) is 16.3 Å². The molecule has 2 aromatic carbocycles. The molecule has 0 spiro atoms. The molecule has 2 aromatic rings. The second-order valence-electron chi connectivity index (χ2n) is 5.02. The third-order valence-corrected chi connectivity index (χ3v) is 4.78. The molecule has 18 heavy (non-hydrogen) atoms. The number of fused-ring (bicyclic) bond motifs is 2. The van der Waals surface area contributed by atoms with Crippen LogP contribution in [0.5, 0.6) is 0 Å². The predicted octanol–water partition coefficient (Wildman–Crippen LogP) is 4.00. The van der Waals surface area contributed by atoms with Crippen molar-refractivity contribution in [2.75, 3.05) is 5.75 Å². The van der Waals surface area contributed by atoms with E-state index >= 15 is 0 Å². The van der Waals surface area contributed by atoms with Gasteiger partial charge >= 0.3 is 0 Å². The van der Waals surface area contributed by atoms with Gasteiger partial charge in [-0.3, -0.25) is 4.21 Å². The number of hydrogen-bond donors (Lipinski definition) is 0. The Balaban J connectivity index is 2.31. The highest BCUT2D eigenvalue weighted by Gasteiger charge is 2.20. The molecule has 1 heterocycles. The molecule has 92 valence electrons. The van der Waals surface area contributed by atoms with Crippen LogP contribution in [0.4, 0.5) is 0 Å². The van der Waals surface area contributed by atoms with Crippen LogP contribution in [-0.2, 0) is 10.8 Å². The van der Waals surface area contributed by atoms with E-state index in [0.717, 1.165) is 4.90 Å². The van der Waals surface area contributed by atoms with Gasteiger partial charge in [0.05, 0.1) is 10.8 Å². The minimum atomic E-state index is -0.885. The van der Waals surface area contributed by atoms with E-state index in [9.17, 15) is 4.21 Å². The van der Waals surface area contributed by atoms with E-state index in [2.05, 4.69) is 44.2 Å². The van der Waals surface area contributed by atoms with Crippen LogP contribution in [0, 0.1) is 5.92 Å². The van der Waals surface area contributed by atoms with Gasteiger partial charge in [-0.15, -0.1) is 0 Å². The standard InChI is InChI=1S/C16H16OS/c1-11(2)14-7-8-18(17)16-10-13-6-4-3-5-12(13)9-15(14)16/h3-7,9-11H,8H2,1-2H3. The van der Waals surface area contributed by atoms with E-state index in [4.69, 9.17) is 0 Å². The van der Waals surface area contributed by atoms with Crippen LogP contribution < -0.4 is 0 Å². The van der Waals surface area contributed by atoms with Crippen molar-refractivity contribution in [2.45, 2.75) is 18.7 Å². The lowest BCUT2D eigenvalue weighted by molar-refractivity contribution is 0.684. The third kappa shape index (κ3) is 1.81. The lowest BCUT2D eigenvalue weighted by atomic mass is 9.93. The molecule has 0 bridgehead atoms. The molecule has 0 fully saturated rings. The lowest BCUT2D eigenvalue weighted by Crippen LogP contribution is -2.09. The molecule has 0 saturated carbocycles. The summed E-state index contributed by atoms with van der Waals surface area (Å²) in [6, 6.07) is 12.6. The number of allylic oxidation sites excluding steroid dienone is 1. The zero-order valence-electron chi connectivity index (χ0n) is 10.6. The highest BCUT2D eigenvalue weighted by atomic mass is 32.2. The molecule has 1 aliphatic rings. The van der Waals surface area contributed by atoms with E-state index in [-0.39, 0.29) is 0 Å². The van der Waals surface area contributed by atoms with Crippen LogP contribution in [-0.4, -0.2) is 9.96 Å². The first-order valence-electron chi connectivity index (χ1n) is 6.28. The van der Waals surface area contributed by atoms with Gasteiger partial charge in [0.25, 0.3) is 0 Å². The Bertz CT molecular complexity index is 668. The van der Waals surface area contributed by atoms with E-state index in [1.807, 2.05) is 12.1 Å². The third-order valence-electron chi connectivity index (χ3n) is 3.48. The molecular formula is C16H16OS. The molecule has 1 nitrogen and oxygen atoms in total. The largest absolute Gasteiger partial charge is 0.254 e. The fourth-order valence-electron chi connectivity index (χ4n) is 2.55. The average Bonchev–Trinajstić information content (AvgIpc) is 2.37. The summed E-state index contributed by atoms with van der Waals surface area (Å²) in [6.45, 7) is 4.39.